The maximum atomic E-state index is 11.4. The van der Waals surface area contributed by atoms with Gasteiger partial charge in [0.15, 0.2) is 0 Å². The van der Waals surface area contributed by atoms with Gasteiger partial charge in [0.05, 0.1) is 0 Å². The minimum atomic E-state index is -0.241. The lowest BCUT2D eigenvalue weighted by molar-refractivity contribution is -0.129. The standard InChI is InChI=1S/C9H20N2O.ClH/c1-4-9(2,3)8(12)11-7-5-6-10;/h4-7,10H2,1-3H3,(H,11,12);1H. The summed E-state index contributed by atoms with van der Waals surface area (Å²) in [6, 6.07) is 0. The predicted octanol–water partition coefficient (Wildman–Crippen LogP) is 1.31. The molecule has 0 aromatic heterocycles. The first-order valence-electron chi connectivity index (χ1n) is 4.53. The lowest BCUT2D eigenvalue weighted by Crippen LogP contribution is -2.37. The Kier molecular flexibility index (Phi) is 8.37. The summed E-state index contributed by atoms with van der Waals surface area (Å²) in [6.07, 6.45) is 1.72. The van der Waals surface area contributed by atoms with E-state index < -0.39 is 0 Å². The minimum absolute atomic E-state index is 0. The minimum Gasteiger partial charge on any atom is -0.356 e. The quantitative estimate of drug-likeness (QED) is 0.670. The van der Waals surface area contributed by atoms with Crippen molar-refractivity contribution in [3.05, 3.63) is 0 Å². The zero-order valence-corrected chi connectivity index (χ0v) is 9.54. The second-order valence-corrected chi connectivity index (χ2v) is 3.64. The number of nitrogens with two attached hydrogens (primary N) is 1. The van der Waals surface area contributed by atoms with Gasteiger partial charge in [-0.05, 0) is 19.4 Å². The predicted molar refractivity (Wildman–Crippen MR) is 58.0 cm³/mol. The monoisotopic (exact) mass is 208 g/mol. The zero-order chi connectivity index (χ0) is 9.61. The fraction of sp³-hybridized carbons (Fsp3) is 0.889. The van der Waals surface area contributed by atoms with Crippen molar-refractivity contribution in [3.8, 4) is 0 Å². The van der Waals surface area contributed by atoms with Crippen LogP contribution in [-0.4, -0.2) is 19.0 Å². The lowest BCUT2D eigenvalue weighted by atomic mass is 9.89. The Morgan fingerprint density at radius 2 is 2.00 bits per heavy atom. The van der Waals surface area contributed by atoms with Crippen molar-refractivity contribution in [3.63, 3.8) is 0 Å². The molecule has 0 aliphatic heterocycles. The average molecular weight is 209 g/mol. The molecule has 13 heavy (non-hydrogen) atoms. The van der Waals surface area contributed by atoms with E-state index in [4.69, 9.17) is 5.73 Å². The average Bonchev–Trinajstić information content (AvgIpc) is 2.05. The topological polar surface area (TPSA) is 55.1 Å². The first-order chi connectivity index (χ1) is 5.54. The van der Waals surface area contributed by atoms with Crippen LogP contribution in [0.5, 0.6) is 0 Å². The summed E-state index contributed by atoms with van der Waals surface area (Å²) < 4.78 is 0. The largest absolute Gasteiger partial charge is 0.356 e. The van der Waals surface area contributed by atoms with Crippen molar-refractivity contribution >= 4 is 18.3 Å². The second-order valence-electron chi connectivity index (χ2n) is 3.64. The zero-order valence-electron chi connectivity index (χ0n) is 8.72. The maximum absolute atomic E-state index is 11.4. The summed E-state index contributed by atoms with van der Waals surface area (Å²) in [7, 11) is 0. The van der Waals surface area contributed by atoms with Crippen LogP contribution in [0, 0.1) is 5.41 Å². The van der Waals surface area contributed by atoms with E-state index in [0.717, 1.165) is 12.8 Å². The van der Waals surface area contributed by atoms with Crippen LogP contribution in [0.4, 0.5) is 0 Å². The van der Waals surface area contributed by atoms with Gasteiger partial charge in [0.1, 0.15) is 0 Å². The van der Waals surface area contributed by atoms with E-state index in [1.807, 2.05) is 20.8 Å². The molecule has 0 saturated carbocycles. The van der Waals surface area contributed by atoms with Gasteiger partial charge in [0, 0.05) is 12.0 Å². The third-order valence-corrected chi connectivity index (χ3v) is 2.17. The van der Waals surface area contributed by atoms with Crippen molar-refractivity contribution < 1.29 is 4.79 Å². The smallest absolute Gasteiger partial charge is 0.225 e. The molecular formula is C9H21ClN2O. The number of halogens is 1. The molecule has 0 heterocycles. The molecule has 1 amide bonds. The van der Waals surface area contributed by atoms with Crippen molar-refractivity contribution in [2.75, 3.05) is 13.1 Å². The van der Waals surface area contributed by atoms with Crippen LogP contribution in [0.2, 0.25) is 0 Å². The number of carbonyl (C=O) groups excluding carboxylic acids is 1. The molecule has 0 aromatic rings. The van der Waals surface area contributed by atoms with Crippen LogP contribution in [0.25, 0.3) is 0 Å². The summed E-state index contributed by atoms with van der Waals surface area (Å²) >= 11 is 0. The van der Waals surface area contributed by atoms with Crippen LogP contribution < -0.4 is 11.1 Å². The molecule has 0 fully saturated rings. The highest BCUT2D eigenvalue weighted by atomic mass is 35.5. The molecule has 0 atom stereocenters. The summed E-state index contributed by atoms with van der Waals surface area (Å²) in [5.41, 5.74) is 5.06. The number of hydrogen-bond acceptors (Lipinski definition) is 2. The summed E-state index contributed by atoms with van der Waals surface area (Å²) in [6.45, 7) is 7.24. The fourth-order valence-electron chi connectivity index (χ4n) is 0.704. The van der Waals surface area contributed by atoms with Crippen molar-refractivity contribution in [2.24, 2.45) is 11.1 Å². The Morgan fingerprint density at radius 3 is 2.38 bits per heavy atom. The van der Waals surface area contributed by atoms with E-state index in [-0.39, 0.29) is 23.7 Å². The van der Waals surface area contributed by atoms with Gasteiger partial charge in [-0.15, -0.1) is 12.4 Å². The van der Waals surface area contributed by atoms with Gasteiger partial charge in [-0.3, -0.25) is 4.79 Å². The van der Waals surface area contributed by atoms with Gasteiger partial charge in [-0.1, -0.05) is 20.8 Å². The first-order valence-corrected chi connectivity index (χ1v) is 4.53. The molecule has 0 spiro atoms. The number of rotatable bonds is 5. The lowest BCUT2D eigenvalue weighted by Gasteiger charge is -2.21. The molecule has 0 unspecified atom stereocenters. The third kappa shape index (κ3) is 5.88. The van der Waals surface area contributed by atoms with E-state index in [9.17, 15) is 4.79 Å². The highest BCUT2D eigenvalue weighted by molar-refractivity contribution is 5.85. The number of amides is 1. The van der Waals surface area contributed by atoms with E-state index in [1.54, 1.807) is 0 Å². The number of nitrogens with one attached hydrogen (secondary N) is 1. The molecule has 0 rings (SSSR count). The van der Waals surface area contributed by atoms with Crippen LogP contribution in [-0.2, 0) is 4.79 Å². The Morgan fingerprint density at radius 1 is 1.46 bits per heavy atom. The van der Waals surface area contributed by atoms with Crippen LogP contribution in [0.15, 0.2) is 0 Å². The molecule has 0 saturated heterocycles. The molecule has 0 bridgehead atoms. The van der Waals surface area contributed by atoms with E-state index in [1.165, 1.54) is 0 Å². The van der Waals surface area contributed by atoms with E-state index in [0.29, 0.717) is 13.1 Å². The van der Waals surface area contributed by atoms with Crippen LogP contribution in [0.1, 0.15) is 33.6 Å². The van der Waals surface area contributed by atoms with Crippen molar-refractivity contribution in [2.45, 2.75) is 33.6 Å². The van der Waals surface area contributed by atoms with Gasteiger partial charge in [0.25, 0.3) is 0 Å². The van der Waals surface area contributed by atoms with Gasteiger partial charge in [-0.25, -0.2) is 0 Å². The van der Waals surface area contributed by atoms with Gasteiger partial charge in [-0.2, -0.15) is 0 Å². The van der Waals surface area contributed by atoms with Crippen molar-refractivity contribution in [1.29, 1.82) is 0 Å². The Bertz CT molecular complexity index is 149. The fourth-order valence-corrected chi connectivity index (χ4v) is 0.704. The highest BCUT2D eigenvalue weighted by Gasteiger charge is 2.24. The molecule has 0 aliphatic carbocycles. The third-order valence-electron chi connectivity index (χ3n) is 2.17. The van der Waals surface area contributed by atoms with E-state index >= 15 is 0 Å². The first kappa shape index (κ1) is 15.2. The molecular weight excluding hydrogens is 188 g/mol. The normalized spacial score (nSPS) is 10.5. The SMILES string of the molecule is CCC(C)(C)C(=O)NCCCN.Cl. The van der Waals surface area contributed by atoms with E-state index in [2.05, 4.69) is 5.32 Å². The number of hydrogen-bond donors (Lipinski definition) is 2. The van der Waals surface area contributed by atoms with Gasteiger partial charge >= 0.3 is 0 Å². The molecule has 3 nitrogen and oxygen atoms in total. The maximum Gasteiger partial charge on any atom is 0.225 e. The summed E-state index contributed by atoms with van der Waals surface area (Å²) in [5.74, 6) is 0.124. The van der Waals surface area contributed by atoms with Crippen molar-refractivity contribution in [1.82, 2.24) is 5.32 Å². The Labute approximate surface area is 86.9 Å². The molecule has 80 valence electrons. The molecule has 0 radical (unpaired) electrons. The van der Waals surface area contributed by atoms with Crippen LogP contribution in [0.3, 0.4) is 0 Å². The Balaban J connectivity index is 0. The molecule has 0 aliphatic rings. The Hall–Kier alpha value is -0.280. The molecule has 0 aromatic carbocycles. The van der Waals surface area contributed by atoms with Gasteiger partial charge < -0.3 is 11.1 Å². The summed E-state index contributed by atoms with van der Waals surface area (Å²) in [4.78, 5) is 11.4. The summed E-state index contributed by atoms with van der Waals surface area (Å²) in [5, 5.41) is 2.86. The van der Waals surface area contributed by atoms with Crippen LogP contribution >= 0.6 is 12.4 Å². The van der Waals surface area contributed by atoms with Gasteiger partial charge in [0.2, 0.25) is 5.91 Å². The highest BCUT2D eigenvalue weighted by Crippen LogP contribution is 2.18. The second kappa shape index (κ2) is 7.15. The molecule has 3 N–H and O–H groups in total. The number of carbonyl (C=O) groups is 1. The molecule has 4 heteroatoms.